The number of aryl methyl sites for hydroxylation is 1. The van der Waals surface area contributed by atoms with Crippen LogP contribution in [0.15, 0.2) is 41.1 Å². The van der Waals surface area contributed by atoms with E-state index in [9.17, 15) is 9.18 Å². The van der Waals surface area contributed by atoms with E-state index in [0.717, 1.165) is 15.9 Å². The maximum Gasteiger partial charge on any atom is 0.246 e. The van der Waals surface area contributed by atoms with Gasteiger partial charge >= 0.3 is 0 Å². The van der Waals surface area contributed by atoms with Crippen molar-refractivity contribution in [3.8, 4) is 0 Å². The summed E-state index contributed by atoms with van der Waals surface area (Å²) in [5.74, 6) is -0.484. The average Bonchev–Trinajstić information content (AvgIpc) is 3.10. The third-order valence-electron chi connectivity index (χ3n) is 3.79. The highest BCUT2D eigenvalue weighted by Gasteiger charge is 2.12. The quantitative estimate of drug-likeness (QED) is 0.708. The van der Waals surface area contributed by atoms with Crippen molar-refractivity contribution in [1.82, 2.24) is 19.6 Å². The maximum absolute atomic E-state index is 13.7. The SMILES string of the molecule is Cc1nn(CC(=O)Nc2cnn(Cc3ccccc3F)c2)c(C)c1Br. The molecule has 0 bridgehead atoms. The van der Waals surface area contributed by atoms with Gasteiger partial charge in [0.1, 0.15) is 12.4 Å². The fourth-order valence-corrected chi connectivity index (χ4v) is 2.77. The molecule has 0 radical (unpaired) electrons. The summed E-state index contributed by atoms with van der Waals surface area (Å²) in [6.07, 6.45) is 3.21. The van der Waals surface area contributed by atoms with Gasteiger partial charge in [0.25, 0.3) is 0 Å². The second kappa shape index (κ2) is 7.18. The van der Waals surface area contributed by atoms with Crippen LogP contribution in [0.3, 0.4) is 0 Å². The summed E-state index contributed by atoms with van der Waals surface area (Å²) in [6.45, 7) is 4.17. The first-order chi connectivity index (χ1) is 11.9. The number of nitrogens with one attached hydrogen (secondary N) is 1. The van der Waals surface area contributed by atoms with Crippen molar-refractivity contribution in [3.63, 3.8) is 0 Å². The normalized spacial score (nSPS) is 10.9. The van der Waals surface area contributed by atoms with Gasteiger partial charge in [0.2, 0.25) is 5.91 Å². The highest BCUT2D eigenvalue weighted by Crippen LogP contribution is 2.19. The third-order valence-corrected chi connectivity index (χ3v) is 4.94. The van der Waals surface area contributed by atoms with E-state index < -0.39 is 0 Å². The molecule has 0 atom stereocenters. The topological polar surface area (TPSA) is 64.7 Å². The van der Waals surface area contributed by atoms with E-state index in [2.05, 4.69) is 31.4 Å². The zero-order valence-electron chi connectivity index (χ0n) is 13.8. The van der Waals surface area contributed by atoms with Gasteiger partial charge in [0.15, 0.2) is 0 Å². The molecule has 1 amide bonds. The highest BCUT2D eigenvalue weighted by atomic mass is 79.9. The van der Waals surface area contributed by atoms with Crippen molar-refractivity contribution in [1.29, 1.82) is 0 Å². The Kier molecular flexibility index (Phi) is 4.98. The molecule has 130 valence electrons. The number of carbonyl (C=O) groups excluding carboxylic acids is 1. The number of nitrogens with zero attached hydrogens (tertiary/aromatic N) is 4. The van der Waals surface area contributed by atoms with E-state index in [0.29, 0.717) is 17.8 Å². The Labute approximate surface area is 152 Å². The van der Waals surface area contributed by atoms with Crippen LogP contribution in [0.4, 0.5) is 10.1 Å². The number of benzene rings is 1. The molecule has 1 N–H and O–H groups in total. The second-order valence-corrected chi connectivity index (χ2v) is 6.50. The van der Waals surface area contributed by atoms with Gasteiger partial charge in [-0.2, -0.15) is 10.2 Å². The Balaban J connectivity index is 1.64. The molecule has 6 nitrogen and oxygen atoms in total. The van der Waals surface area contributed by atoms with Gasteiger partial charge in [-0.25, -0.2) is 4.39 Å². The van der Waals surface area contributed by atoms with E-state index in [1.165, 1.54) is 12.3 Å². The molecule has 0 spiro atoms. The van der Waals surface area contributed by atoms with E-state index in [-0.39, 0.29) is 18.3 Å². The van der Waals surface area contributed by atoms with Crippen molar-refractivity contribution >= 4 is 27.5 Å². The molecular weight excluding hydrogens is 389 g/mol. The number of rotatable bonds is 5. The van der Waals surface area contributed by atoms with Gasteiger partial charge in [0, 0.05) is 11.8 Å². The lowest BCUT2D eigenvalue weighted by molar-refractivity contribution is -0.116. The Morgan fingerprint density at radius 3 is 2.76 bits per heavy atom. The molecule has 0 saturated carbocycles. The summed E-state index contributed by atoms with van der Waals surface area (Å²) in [6, 6.07) is 6.53. The van der Waals surface area contributed by atoms with Crippen molar-refractivity contribution in [2.75, 3.05) is 5.32 Å². The zero-order valence-corrected chi connectivity index (χ0v) is 15.4. The molecule has 2 aromatic heterocycles. The molecule has 3 rings (SSSR count). The van der Waals surface area contributed by atoms with Crippen molar-refractivity contribution in [2.45, 2.75) is 26.9 Å². The van der Waals surface area contributed by atoms with Crippen LogP contribution in [-0.2, 0) is 17.9 Å². The van der Waals surface area contributed by atoms with Crippen LogP contribution >= 0.6 is 15.9 Å². The number of amides is 1. The molecule has 1 aromatic carbocycles. The Morgan fingerprint density at radius 2 is 2.08 bits per heavy atom. The van der Waals surface area contributed by atoms with Crippen LogP contribution in [-0.4, -0.2) is 25.5 Å². The first-order valence-corrected chi connectivity index (χ1v) is 8.48. The van der Waals surface area contributed by atoms with Crippen LogP contribution < -0.4 is 5.32 Å². The first-order valence-electron chi connectivity index (χ1n) is 7.69. The molecule has 0 fully saturated rings. The van der Waals surface area contributed by atoms with Gasteiger partial charge in [-0.3, -0.25) is 14.2 Å². The monoisotopic (exact) mass is 405 g/mol. The number of hydrogen-bond donors (Lipinski definition) is 1. The van der Waals surface area contributed by atoms with E-state index >= 15 is 0 Å². The minimum atomic E-state index is -0.279. The zero-order chi connectivity index (χ0) is 18.0. The lowest BCUT2D eigenvalue weighted by Crippen LogP contribution is -2.20. The van der Waals surface area contributed by atoms with Crippen LogP contribution in [0.25, 0.3) is 0 Å². The van der Waals surface area contributed by atoms with E-state index in [1.54, 1.807) is 33.8 Å². The molecular formula is C17H17BrFN5O. The largest absolute Gasteiger partial charge is 0.322 e. The molecule has 8 heteroatoms. The summed E-state index contributed by atoms with van der Waals surface area (Å²) < 4.78 is 17.8. The molecule has 0 aliphatic heterocycles. The van der Waals surface area contributed by atoms with Gasteiger partial charge in [-0.15, -0.1) is 0 Å². The molecule has 0 unspecified atom stereocenters. The van der Waals surface area contributed by atoms with Gasteiger partial charge in [-0.05, 0) is 35.8 Å². The van der Waals surface area contributed by atoms with Crippen molar-refractivity contribution in [2.24, 2.45) is 0 Å². The molecule has 25 heavy (non-hydrogen) atoms. The second-order valence-electron chi connectivity index (χ2n) is 5.71. The minimum Gasteiger partial charge on any atom is -0.322 e. The number of aromatic nitrogens is 4. The Bertz CT molecular complexity index is 918. The third kappa shape index (κ3) is 3.96. The predicted octanol–water partition coefficient (Wildman–Crippen LogP) is 3.29. The molecule has 2 heterocycles. The Morgan fingerprint density at radius 1 is 1.32 bits per heavy atom. The fourth-order valence-electron chi connectivity index (χ4n) is 2.48. The summed E-state index contributed by atoms with van der Waals surface area (Å²) in [5.41, 5.74) is 2.82. The Hall–Kier alpha value is -2.48. The lowest BCUT2D eigenvalue weighted by Gasteiger charge is -2.05. The van der Waals surface area contributed by atoms with Crippen molar-refractivity contribution in [3.05, 3.63) is 63.9 Å². The van der Waals surface area contributed by atoms with E-state index in [4.69, 9.17) is 0 Å². The summed E-state index contributed by atoms with van der Waals surface area (Å²) in [7, 11) is 0. The average molecular weight is 406 g/mol. The van der Waals surface area contributed by atoms with Crippen LogP contribution in [0.2, 0.25) is 0 Å². The standard InChI is InChI=1S/C17H17BrFN5O/c1-11-17(18)12(2)24(22-11)10-16(25)21-14-7-20-23(9-14)8-13-5-3-4-6-15(13)19/h3-7,9H,8,10H2,1-2H3,(H,21,25). The summed E-state index contributed by atoms with van der Waals surface area (Å²) in [4.78, 5) is 12.2. The summed E-state index contributed by atoms with van der Waals surface area (Å²) >= 11 is 3.44. The molecule has 0 saturated heterocycles. The predicted molar refractivity (Wildman–Crippen MR) is 95.8 cm³/mol. The fraction of sp³-hybridized carbons (Fsp3) is 0.235. The van der Waals surface area contributed by atoms with Gasteiger partial charge in [-0.1, -0.05) is 18.2 Å². The number of carbonyl (C=O) groups is 1. The van der Waals surface area contributed by atoms with E-state index in [1.807, 2.05) is 13.8 Å². The smallest absolute Gasteiger partial charge is 0.246 e. The number of halogens is 2. The first kappa shape index (κ1) is 17.3. The molecule has 0 aliphatic rings. The van der Waals surface area contributed by atoms with Crippen LogP contribution in [0.1, 0.15) is 17.0 Å². The number of hydrogen-bond acceptors (Lipinski definition) is 3. The lowest BCUT2D eigenvalue weighted by atomic mass is 10.2. The maximum atomic E-state index is 13.7. The van der Waals surface area contributed by atoms with Crippen LogP contribution in [0.5, 0.6) is 0 Å². The van der Waals surface area contributed by atoms with Gasteiger partial charge < -0.3 is 5.32 Å². The van der Waals surface area contributed by atoms with Gasteiger partial charge in [0.05, 0.1) is 34.3 Å². The highest BCUT2D eigenvalue weighted by molar-refractivity contribution is 9.10. The summed E-state index contributed by atoms with van der Waals surface area (Å²) in [5, 5.41) is 11.2. The number of anilines is 1. The minimum absolute atomic E-state index is 0.108. The van der Waals surface area contributed by atoms with Crippen molar-refractivity contribution < 1.29 is 9.18 Å². The molecule has 3 aromatic rings. The van der Waals surface area contributed by atoms with Crippen LogP contribution in [0, 0.1) is 19.7 Å². The molecule has 0 aliphatic carbocycles.